The van der Waals surface area contributed by atoms with Crippen molar-refractivity contribution in [3.05, 3.63) is 100 Å². The Morgan fingerprint density at radius 2 is 1.76 bits per heavy atom. The van der Waals surface area contributed by atoms with Crippen molar-refractivity contribution in [1.29, 1.82) is 0 Å². The van der Waals surface area contributed by atoms with Crippen LogP contribution in [0.4, 0.5) is 11.4 Å². The van der Waals surface area contributed by atoms with E-state index in [2.05, 4.69) is 56.4 Å². The fourth-order valence-electron chi connectivity index (χ4n) is 6.41. The van der Waals surface area contributed by atoms with E-state index in [0.717, 1.165) is 45.7 Å². The number of para-hydroxylation sites is 1. The molecule has 0 fully saturated rings. The third kappa shape index (κ3) is 8.25. The molecule has 272 valence electrons. The molecule has 0 spiro atoms. The molecule has 51 heavy (non-hydrogen) atoms. The molecule has 0 radical (unpaired) electrons. The van der Waals surface area contributed by atoms with Crippen LogP contribution in [0.5, 0.6) is 11.8 Å². The number of aryl methyl sites for hydroxylation is 1. The van der Waals surface area contributed by atoms with Crippen molar-refractivity contribution in [2.24, 2.45) is 0 Å². The van der Waals surface area contributed by atoms with Gasteiger partial charge in [-0.1, -0.05) is 36.4 Å². The molecule has 4 aromatic rings. The number of carbonyl (C=O) groups is 1. The number of aromatic hydroxyl groups is 1. The van der Waals surface area contributed by atoms with Gasteiger partial charge in [0.05, 0.1) is 23.5 Å². The third-order valence-corrected chi connectivity index (χ3v) is 10.5. The molecule has 0 saturated heterocycles. The molecule has 0 bridgehead atoms. The minimum atomic E-state index is -4.01. The lowest BCUT2D eigenvalue weighted by Gasteiger charge is -2.37. The van der Waals surface area contributed by atoms with E-state index in [4.69, 9.17) is 9.47 Å². The number of anilines is 2. The number of fused-ring (bicyclic) bond motifs is 1. The normalized spacial score (nSPS) is 13.8. The number of carbonyl (C=O) groups excluding carboxylic acids is 1. The molecule has 1 aromatic heterocycles. The number of hydrazine groups is 2. The molecule has 0 aliphatic carbocycles. The fraction of sp³-hybridized carbons (Fsp3) is 0.378. The van der Waals surface area contributed by atoms with Crippen LogP contribution in [0.15, 0.2) is 71.9 Å². The number of phenolic OH excluding ortho intramolecular Hbond substituents is 1. The molecule has 1 aliphatic rings. The summed E-state index contributed by atoms with van der Waals surface area (Å²) in [6, 6.07) is 16.1. The monoisotopic (exact) mass is 717 g/mol. The van der Waals surface area contributed by atoms with E-state index >= 15 is 0 Å². The number of nitrogens with one attached hydrogen (secondary N) is 3. The zero-order valence-corrected chi connectivity index (χ0v) is 31.0. The maximum Gasteiger partial charge on any atom is 0.316 e. The Balaban J connectivity index is 1.49. The first-order valence-corrected chi connectivity index (χ1v) is 18.4. The first-order valence-electron chi connectivity index (χ1n) is 16.9. The second-order valence-electron chi connectivity index (χ2n) is 12.9. The minimum absolute atomic E-state index is 0.00679. The fourth-order valence-corrected chi connectivity index (χ4v) is 7.51. The van der Waals surface area contributed by atoms with Gasteiger partial charge >= 0.3 is 6.01 Å². The Bertz CT molecular complexity index is 1970. The molecule has 3 aromatic carbocycles. The van der Waals surface area contributed by atoms with Gasteiger partial charge in [0.2, 0.25) is 10.0 Å². The maximum atomic E-state index is 13.8. The van der Waals surface area contributed by atoms with Crippen molar-refractivity contribution < 1.29 is 27.8 Å². The predicted octanol–water partition coefficient (Wildman–Crippen LogP) is 5.05. The molecule has 13 nitrogen and oxygen atoms in total. The number of aromatic nitrogens is 2. The number of rotatable bonds is 15. The number of hydrogen-bond acceptors (Lipinski definition) is 11. The van der Waals surface area contributed by atoms with Crippen molar-refractivity contribution in [3.63, 3.8) is 0 Å². The summed E-state index contributed by atoms with van der Waals surface area (Å²) in [5.41, 5.74) is 9.40. The lowest BCUT2D eigenvalue weighted by Crippen LogP contribution is -2.48. The zero-order valence-electron chi connectivity index (χ0n) is 30.1. The molecule has 1 amide bonds. The molecule has 0 saturated carbocycles. The standard InChI is InChI=1S/C37H47N7O6S/c1-8-44-30-17-16-29(25(4)34(30)42-43(44)7)33(37(5,6)41-35(46)28-21-38-36(39-22-28)50-19-18-49-9-2)26-15-14-24(3)27(20-26)23-40-51(47,48)32-13-11-10-12-31(32)45/h10-17,20-22,33,40,42,45H,8-9,18-19,23H2,1-7H3,(H,41,46)/t33-/m0/s1. The Kier molecular flexibility index (Phi) is 11.5. The number of phenols is 1. The van der Waals surface area contributed by atoms with Crippen molar-refractivity contribution >= 4 is 27.3 Å². The van der Waals surface area contributed by atoms with E-state index in [0.29, 0.717) is 19.8 Å². The van der Waals surface area contributed by atoms with E-state index in [1.54, 1.807) is 12.1 Å². The third-order valence-electron chi connectivity index (χ3n) is 9.03. The molecule has 4 N–H and O–H groups in total. The first kappa shape index (κ1) is 37.5. The highest BCUT2D eigenvalue weighted by atomic mass is 32.2. The van der Waals surface area contributed by atoms with Crippen molar-refractivity contribution in [1.82, 2.24) is 25.1 Å². The first-order chi connectivity index (χ1) is 24.3. The number of sulfonamides is 1. The smallest absolute Gasteiger partial charge is 0.316 e. The van der Waals surface area contributed by atoms with Gasteiger partial charge in [0.15, 0.2) is 0 Å². The van der Waals surface area contributed by atoms with Crippen LogP contribution in [0.3, 0.4) is 0 Å². The second kappa shape index (κ2) is 15.6. The molecule has 1 atom stereocenters. The average Bonchev–Trinajstić information content (AvgIpc) is 3.43. The Morgan fingerprint density at radius 1 is 1.04 bits per heavy atom. The highest BCUT2D eigenvalue weighted by Gasteiger charge is 2.37. The summed E-state index contributed by atoms with van der Waals surface area (Å²) in [6.07, 6.45) is 2.87. The molecular weight excluding hydrogens is 671 g/mol. The quantitative estimate of drug-likeness (QED) is 0.122. The molecular formula is C37H47N7O6S. The Morgan fingerprint density at radius 3 is 2.45 bits per heavy atom. The zero-order chi connectivity index (χ0) is 36.9. The maximum absolute atomic E-state index is 13.8. The van der Waals surface area contributed by atoms with Gasteiger partial charge in [-0.05, 0) is 87.6 Å². The molecule has 14 heteroatoms. The van der Waals surface area contributed by atoms with Crippen LogP contribution in [-0.4, -0.2) is 73.5 Å². The molecule has 1 aliphatic heterocycles. The van der Waals surface area contributed by atoms with Crippen LogP contribution in [0.2, 0.25) is 0 Å². The van der Waals surface area contributed by atoms with Crippen LogP contribution in [0.25, 0.3) is 0 Å². The SMILES string of the molecule is CCOCCOc1ncc(C(=O)NC(C)(C)[C@@H](c2ccc(C)c(CNS(=O)(=O)c3ccccc3O)c2)c2ccc3c(c2C)NN(C)N3CC)cn1. The second-order valence-corrected chi connectivity index (χ2v) is 14.6. The van der Waals surface area contributed by atoms with Crippen molar-refractivity contribution in [2.75, 3.05) is 43.8 Å². The molecule has 5 rings (SSSR count). The number of nitrogens with zero attached hydrogens (tertiary/aromatic N) is 4. The van der Waals surface area contributed by atoms with Gasteiger partial charge < -0.3 is 19.9 Å². The van der Waals surface area contributed by atoms with Crippen LogP contribution in [-0.2, 0) is 21.3 Å². The average molecular weight is 718 g/mol. The van der Waals surface area contributed by atoms with Gasteiger partial charge in [-0.15, -0.1) is 5.12 Å². The molecule has 0 unspecified atom stereocenters. The Hall–Kier alpha value is -4.76. The van der Waals surface area contributed by atoms with Crippen LogP contribution < -0.4 is 25.2 Å². The summed E-state index contributed by atoms with van der Waals surface area (Å²) in [4.78, 5) is 22.0. The van der Waals surface area contributed by atoms with E-state index in [9.17, 15) is 18.3 Å². The summed E-state index contributed by atoms with van der Waals surface area (Å²) in [5, 5.41) is 17.5. The highest BCUT2D eigenvalue weighted by molar-refractivity contribution is 7.89. The van der Waals surface area contributed by atoms with Gasteiger partial charge in [-0.3, -0.25) is 15.2 Å². The van der Waals surface area contributed by atoms with Crippen LogP contribution in [0, 0.1) is 13.8 Å². The van der Waals surface area contributed by atoms with Gasteiger partial charge in [-0.2, -0.15) is 0 Å². The molecule has 2 heterocycles. The highest BCUT2D eigenvalue weighted by Crippen LogP contribution is 2.44. The summed E-state index contributed by atoms with van der Waals surface area (Å²) >= 11 is 0. The summed E-state index contributed by atoms with van der Waals surface area (Å²) < 4.78 is 39.8. The predicted molar refractivity (Wildman–Crippen MR) is 196 cm³/mol. The van der Waals surface area contributed by atoms with Gasteiger partial charge in [0.1, 0.15) is 17.3 Å². The largest absolute Gasteiger partial charge is 0.507 e. The number of amides is 1. The summed E-state index contributed by atoms with van der Waals surface area (Å²) in [6.45, 7) is 13.9. The summed E-state index contributed by atoms with van der Waals surface area (Å²) in [7, 11) is -2.04. The van der Waals surface area contributed by atoms with Gasteiger partial charge in [0.25, 0.3) is 5.91 Å². The van der Waals surface area contributed by atoms with E-state index < -0.39 is 15.6 Å². The van der Waals surface area contributed by atoms with E-state index in [-0.39, 0.29) is 40.6 Å². The lowest BCUT2D eigenvalue weighted by atomic mass is 9.74. The lowest BCUT2D eigenvalue weighted by molar-refractivity contribution is 0.0903. The number of hydrogen-bond donors (Lipinski definition) is 4. The van der Waals surface area contributed by atoms with E-state index in [1.807, 2.05) is 58.1 Å². The number of benzene rings is 3. The topological polar surface area (TPSA) is 158 Å². The van der Waals surface area contributed by atoms with Crippen molar-refractivity contribution in [2.45, 2.75) is 64.4 Å². The van der Waals surface area contributed by atoms with Crippen LogP contribution in [0.1, 0.15) is 71.8 Å². The minimum Gasteiger partial charge on any atom is -0.507 e. The van der Waals surface area contributed by atoms with Gasteiger partial charge in [0, 0.05) is 50.6 Å². The number of ether oxygens (including phenoxy) is 2. The Labute approximate surface area is 300 Å². The van der Waals surface area contributed by atoms with Crippen LogP contribution >= 0.6 is 0 Å². The van der Waals surface area contributed by atoms with Gasteiger partial charge in [-0.25, -0.2) is 23.1 Å². The van der Waals surface area contributed by atoms with E-state index in [1.165, 1.54) is 24.5 Å². The summed E-state index contributed by atoms with van der Waals surface area (Å²) in [5.74, 6) is -1.07. The van der Waals surface area contributed by atoms with Crippen molar-refractivity contribution in [3.8, 4) is 11.8 Å².